The molecule has 0 bridgehead atoms. The standard InChI is InChI=1S/C46H80NO7P/c1-6-8-10-12-14-16-18-20-22-24-25-27-29-31-33-35-37-39-46(48)52-43-45(44-54-55(49,50)53-42-40-47(3,4)5)51-41-38-36-34-32-30-28-26-23-21-19-17-15-13-11-9-7-2/h8,10,14,16-17,19-20,22,25,27,31,33,38,41,45H,6-7,9,11-13,15,18,21,23-24,26,28-30,32,34-37,39-40,42-44H2,1-5H3/p+1/b10-8-,16-14-,19-17-,22-20-,27-25-,33-31-,41-38-. The van der Waals surface area contributed by atoms with Gasteiger partial charge in [-0.15, -0.1) is 0 Å². The number of nitrogens with zero attached hydrogens (tertiary/aromatic N) is 1. The summed E-state index contributed by atoms with van der Waals surface area (Å²) in [5.41, 5.74) is 0. The van der Waals surface area contributed by atoms with E-state index in [1.165, 1.54) is 70.6 Å². The van der Waals surface area contributed by atoms with E-state index >= 15 is 0 Å². The number of ether oxygens (including phenoxy) is 2. The largest absolute Gasteiger partial charge is 0.492 e. The van der Waals surface area contributed by atoms with Crippen molar-refractivity contribution in [2.24, 2.45) is 0 Å². The Morgan fingerprint density at radius 2 is 1.07 bits per heavy atom. The molecule has 0 radical (unpaired) electrons. The van der Waals surface area contributed by atoms with Gasteiger partial charge in [0.25, 0.3) is 0 Å². The summed E-state index contributed by atoms with van der Waals surface area (Å²) in [5, 5.41) is 0. The third-order valence-corrected chi connectivity index (χ3v) is 9.51. The minimum Gasteiger partial charge on any atom is -0.492 e. The fourth-order valence-electron chi connectivity index (χ4n) is 5.15. The van der Waals surface area contributed by atoms with E-state index < -0.39 is 13.9 Å². The van der Waals surface area contributed by atoms with Crippen molar-refractivity contribution in [2.45, 2.75) is 155 Å². The van der Waals surface area contributed by atoms with E-state index in [9.17, 15) is 14.3 Å². The minimum atomic E-state index is -4.28. The Morgan fingerprint density at radius 3 is 1.62 bits per heavy atom. The second-order valence-electron chi connectivity index (χ2n) is 15.0. The highest BCUT2D eigenvalue weighted by Gasteiger charge is 2.25. The molecular weight excluding hydrogens is 709 g/mol. The molecule has 55 heavy (non-hydrogen) atoms. The monoisotopic (exact) mass is 791 g/mol. The van der Waals surface area contributed by atoms with E-state index in [0.29, 0.717) is 17.4 Å². The van der Waals surface area contributed by atoms with Crippen molar-refractivity contribution < 1.29 is 37.3 Å². The molecule has 0 spiro atoms. The Morgan fingerprint density at radius 1 is 0.600 bits per heavy atom. The second kappa shape index (κ2) is 38.4. The molecular formula is C46H81NO7P+. The number of quaternary nitrogens is 1. The average molecular weight is 791 g/mol. The Labute approximate surface area is 337 Å². The molecule has 2 unspecified atom stereocenters. The van der Waals surface area contributed by atoms with Gasteiger partial charge in [0.05, 0.1) is 34.0 Å². The van der Waals surface area contributed by atoms with Gasteiger partial charge in [0.1, 0.15) is 19.8 Å². The van der Waals surface area contributed by atoms with Gasteiger partial charge in [-0.1, -0.05) is 132 Å². The van der Waals surface area contributed by atoms with E-state index in [1.54, 1.807) is 6.26 Å². The van der Waals surface area contributed by atoms with Crippen LogP contribution >= 0.6 is 7.82 Å². The van der Waals surface area contributed by atoms with E-state index in [1.807, 2.05) is 27.2 Å². The van der Waals surface area contributed by atoms with Crippen molar-refractivity contribution in [3.63, 3.8) is 0 Å². The molecule has 0 aromatic carbocycles. The second-order valence-corrected chi connectivity index (χ2v) is 16.5. The number of hydrogen-bond acceptors (Lipinski definition) is 6. The molecule has 9 heteroatoms. The van der Waals surface area contributed by atoms with Gasteiger partial charge in [0.15, 0.2) is 6.10 Å². The van der Waals surface area contributed by atoms with Crippen LogP contribution in [0, 0.1) is 0 Å². The van der Waals surface area contributed by atoms with Gasteiger partial charge in [-0.25, -0.2) is 4.57 Å². The van der Waals surface area contributed by atoms with Crippen molar-refractivity contribution in [1.29, 1.82) is 0 Å². The van der Waals surface area contributed by atoms with Crippen LogP contribution in [0.5, 0.6) is 0 Å². The number of likely N-dealkylation sites (N-methyl/N-ethyl adjacent to an activating group) is 1. The zero-order valence-corrected chi connectivity index (χ0v) is 36.5. The van der Waals surface area contributed by atoms with Gasteiger partial charge in [-0.2, -0.15) is 0 Å². The zero-order chi connectivity index (χ0) is 40.6. The Kier molecular flexibility index (Phi) is 36.7. The molecule has 0 rings (SSSR count). The number of allylic oxidation sites excluding steroid dienone is 13. The van der Waals surface area contributed by atoms with Crippen molar-refractivity contribution in [1.82, 2.24) is 0 Å². The van der Waals surface area contributed by atoms with Gasteiger partial charge < -0.3 is 18.9 Å². The molecule has 0 heterocycles. The van der Waals surface area contributed by atoms with Gasteiger partial charge in [0.2, 0.25) is 0 Å². The van der Waals surface area contributed by atoms with Crippen molar-refractivity contribution in [3.05, 3.63) is 85.3 Å². The van der Waals surface area contributed by atoms with Crippen LogP contribution < -0.4 is 0 Å². The highest BCUT2D eigenvalue weighted by Crippen LogP contribution is 2.43. The maximum absolute atomic E-state index is 12.5. The Balaban J connectivity index is 4.43. The summed E-state index contributed by atoms with van der Waals surface area (Å²) in [6, 6.07) is 0. The van der Waals surface area contributed by atoms with Crippen molar-refractivity contribution in [3.8, 4) is 0 Å². The normalized spacial score (nSPS) is 14.6. The molecule has 0 aliphatic rings. The Hall–Kier alpha value is -2.48. The number of rotatable bonds is 38. The highest BCUT2D eigenvalue weighted by atomic mass is 31.2. The third-order valence-electron chi connectivity index (χ3n) is 8.53. The summed E-state index contributed by atoms with van der Waals surface area (Å²) >= 11 is 0. The molecule has 0 aromatic rings. The maximum Gasteiger partial charge on any atom is 0.472 e. The number of phosphoric ester groups is 1. The quantitative estimate of drug-likeness (QED) is 0.0166. The lowest BCUT2D eigenvalue weighted by atomic mass is 10.1. The molecule has 0 saturated heterocycles. The Bertz CT molecular complexity index is 1150. The van der Waals surface area contributed by atoms with Crippen LogP contribution in [-0.2, 0) is 27.9 Å². The average Bonchev–Trinajstić information content (AvgIpc) is 3.14. The SMILES string of the molecule is CC/C=C\C/C=C\C/C=C\C/C=C\C/C=C\CCCC(=O)OCC(COP(=O)(O)OCC[N+](C)(C)C)O/C=C\CCCCCCCC/C=C\CCCCCC. The molecule has 1 N–H and O–H groups in total. The molecule has 0 aliphatic heterocycles. The van der Waals surface area contributed by atoms with E-state index in [-0.39, 0.29) is 32.2 Å². The molecule has 2 atom stereocenters. The number of unbranched alkanes of at least 4 members (excludes halogenated alkanes) is 12. The molecule has 0 saturated carbocycles. The van der Waals surface area contributed by atoms with Crippen LogP contribution in [0.25, 0.3) is 0 Å². The van der Waals surface area contributed by atoms with Crippen LogP contribution in [0.3, 0.4) is 0 Å². The number of hydrogen-bond donors (Lipinski definition) is 1. The number of phosphoric acid groups is 1. The first-order valence-corrected chi connectivity index (χ1v) is 22.9. The van der Waals surface area contributed by atoms with Crippen molar-refractivity contribution >= 4 is 13.8 Å². The van der Waals surface area contributed by atoms with Gasteiger partial charge in [0, 0.05) is 6.42 Å². The van der Waals surface area contributed by atoms with Crippen molar-refractivity contribution in [2.75, 3.05) is 47.5 Å². The fourth-order valence-corrected chi connectivity index (χ4v) is 5.89. The van der Waals surface area contributed by atoms with E-state index in [0.717, 1.165) is 51.4 Å². The maximum atomic E-state index is 12.5. The van der Waals surface area contributed by atoms with Gasteiger partial charge in [-0.3, -0.25) is 13.8 Å². The van der Waals surface area contributed by atoms with Crippen LogP contribution in [0.4, 0.5) is 0 Å². The first-order chi connectivity index (χ1) is 26.6. The van der Waals surface area contributed by atoms with Crippen LogP contribution in [0.15, 0.2) is 85.3 Å². The summed E-state index contributed by atoms with van der Waals surface area (Å²) in [7, 11) is 1.62. The van der Waals surface area contributed by atoms with Gasteiger partial charge in [-0.05, 0) is 89.5 Å². The smallest absolute Gasteiger partial charge is 0.472 e. The van der Waals surface area contributed by atoms with Gasteiger partial charge >= 0.3 is 13.8 Å². The number of carbonyl (C=O) groups is 1. The van der Waals surface area contributed by atoms with Crippen LogP contribution in [0.1, 0.15) is 149 Å². The lowest BCUT2D eigenvalue weighted by Gasteiger charge is -2.24. The first kappa shape index (κ1) is 52.5. The predicted octanol–water partition coefficient (Wildman–Crippen LogP) is 12.8. The lowest BCUT2D eigenvalue weighted by molar-refractivity contribution is -0.870. The summed E-state index contributed by atoms with van der Waals surface area (Å²) < 4.78 is 34.7. The number of esters is 1. The van der Waals surface area contributed by atoms with E-state index in [4.69, 9.17) is 18.5 Å². The highest BCUT2D eigenvalue weighted by molar-refractivity contribution is 7.47. The first-order valence-electron chi connectivity index (χ1n) is 21.4. The summed E-state index contributed by atoms with van der Waals surface area (Å²) in [5.74, 6) is -0.338. The summed E-state index contributed by atoms with van der Waals surface area (Å²) in [6.07, 6.45) is 51.5. The van der Waals surface area contributed by atoms with Crippen LogP contribution in [0.2, 0.25) is 0 Å². The summed E-state index contributed by atoms with van der Waals surface area (Å²) in [6.45, 7) is 4.68. The zero-order valence-electron chi connectivity index (χ0n) is 35.6. The number of carbonyl (C=O) groups excluding carboxylic acids is 1. The molecule has 0 aliphatic carbocycles. The molecule has 8 nitrogen and oxygen atoms in total. The predicted molar refractivity (Wildman–Crippen MR) is 233 cm³/mol. The van der Waals surface area contributed by atoms with Crippen LogP contribution in [-0.4, -0.2) is 69.0 Å². The summed E-state index contributed by atoms with van der Waals surface area (Å²) in [4.78, 5) is 22.6. The van der Waals surface area contributed by atoms with E-state index in [2.05, 4.69) is 86.8 Å². The fraction of sp³-hybridized carbons (Fsp3) is 0.674. The molecule has 316 valence electrons. The minimum absolute atomic E-state index is 0.0752. The molecule has 0 amide bonds. The molecule has 0 aromatic heterocycles. The lowest BCUT2D eigenvalue weighted by Crippen LogP contribution is -2.37. The third kappa shape index (κ3) is 42.5. The molecule has 0 fully saturated rings. The topological polar surface area (TPSA) is 91.3 Å².